The molecule has 2 rings (SSSR count). The van der Waals surface area contributed by atoms with Gasteiger partial charge in [-0.05, 0) is 17.7 Å². The summed E-state index contributed by atoms with van der Waals surface area (Å²) in [4.78, 5) is 10.7. The zero-order valence-electron chi connectivity index (χ0n) is 8.92. The molecule has 0 radical (unpaired) electrons. The second-order valence-corrected chi connectivity index (χ2v) is 3.68. The largest absolute Gasteiger partial charge is 0.477 e. The normalized spacial score (nSPS) is 13.8. The lowest BCUT2D eigenvalue weighted by Crippen LogP contribution is -2.14. The van der Waals surface area contributed by atoms with Crippen LogP contribution in [0.15, 0.2) is 34.5 Å². The van der Waals surface area contributed by atoms with E-state index in [0.717, 1.165) is 5.56 Å². The SMILES string of the molecule is N#Cc1cccc(CC2=NN=C(C(=O)O)C2)c1. The summed E-state index contributed by atoms with van der Waals surface area (Å²) in [5.74, 6) is -1.03. The monoisotopic (exact) mass is 227 g/mol. The molecule has 1 heterocycles. The second-order valence-electron chi connectivity index (χ2n) is 3.68. The van der Waals surface area contributed by atoms with Gasteiger partial charge < -0.3 is 5.11 Å². The molecule has 5 nitrogen and oxygen atoms in total. The van der Waals surface area contributed by atoms with Crippen LogP contribution in [-0.4, -0.2) is 22.5 Å². The van der Waals surface area contributed by atoms with Crippen molar-refractivity contribution >= 4 is 17.4 Å². The summed E-state index contributed by atoms with van der Waals surface area (Å²) in [7, 11) is 0. The number of carboxylic acid groups (broad SMARTS) is 1. The number of carbonyl (C=O) groups is 1. The molecule has 0 saturated carbocycles. The van der Waals surface area contributed by atoms with Gasteiger partial charge in [-0.1, -0.05) is 12.1 Å². The van der Waals surface area contributed by atoms with Crippen LogP contribution in [0.1, 0.15) is 17.5 Å². The highest BCUT2D eigenvalue weighted by atomic mass is 16.4. The maximum Gasteiger partial charge on any atom is 0.352 e. The maximum atomic E-state index is 10.7. The van der Waals surface area contributed by atoms with E-state index in [9.17, 15) is 4.79 Å². The molecule has 1 aliphatic rings. The van der Waals surface area contributed by atoms with Gasteiger partial charge in [-0.2, -0.15) is 10.4 Å². The van der Waals surface area contributed by atoms with Gasteiger partial charge in [0.05, 0.1) is 17.3 Å². The number of rotatable bonds is 3. The van der Waals surface area contributed by atoms with Crippen molar-refractivity contribution in [3.63, 3.8) is 0 Å². The summed E-state index contributed by atoms with van der Waals surface area (Å²) in [6.45, 7) is 0. The molecule has 0 saturated heterocycles. The van der Waals surface area contributed by atoms with Crippen molar-refractivity contribution in [2.24, 2.45) is 10.2 Å². The molecule has 1 aliphatic heterocycles. The topological polar surface area (TPSA) is 85.8 Å². The van der Waals surface area contributed by atoms with Gasteiger partial charge in [0.2, 0.25) is 0 Å². The number of benzene rings is 1. The minimum atomic E-state index is -1.03. The van der Waals surface area contributed by atoms with Crippen LogP contribution in [0.3, 0.4) is 0 Å². The number of carboxylic acids is 1. The number of nitrogens with zero attached hydrogens (tertiary/aromatic N) is 3. The molecule has 17 heavy (non-hydrogen) atoms. The first-order chi connectivity index (χ1) is 8.19. The Morgan fingerprint density at radius 2 is 2.29 bits per heavy atom. The predicted molar refractivity (Wildman–Crippen MR) is 62.0 cm³/mol. The zero-order valence-corrected chi connectivity index (χ0v) is 8.92. The first-order valence-corrected chi connectivity index (χ1v) is 5.03. The molecule has 0 spiro atoms. The van der Waals surface area contributed by atoms with Crippen molar-refractivity contribution in [3.8, 4) is 6.07 Å². The molecule has 0 aromatic heterocycles. The average molecular weight is 227 g/mol. The number of nitriles is 1. The summed E-state index contributed by atoms with van der Waals surface area (Å²) < 4.78 is 0. The van der Waals surface area contributed by atoms with Crippen LogP contribution in [0.5, 0.6) is 0 Å². The molecule has 1 aromatic carbocycles. The van der Waals surface area contributed by atoms with Crippen molar-refractivity contribution in [2.75, 3.05) is 0 Å². The molecule has 0 unspecified atom stereocenters. The smallest absolute Gasteiger partial charge is 0.352 e. The Kier molecular flexibility index (Phi) is 2.97. The molecule has 0 bridgehead atoms. The van der Waals surface area contributed by atoms with Crippen molar-refractivity contribution in [1.82, 2.24) is 0 Å². The van der Waals surface area contributed by atoms with E-state index < -0.39 is 5.97 Å². The number of hydrogen-bond acceptors (Lipinski definition) is 4. The Hall–Kier alpha value is -2.48. The molecule has 0 atom stereocenters. The van der Waals surface area contributed by atoms with Crippen molar-refractivity contribution in [1.29, 1.82) is 5.26 Å². The van der Waals surface area contributed by atoms with Crippen LogP contribution < -0.4 is 0 Å². The highest BCUT2D eigenvalue weighted by Gasteiger charge is 2.18. The van der Waals surface area contributed by atoms with E-state index >= 15 is 0 Å². The Labute approximate surface area is 97.7 Å². The second kappa shape index (κ2) is 4.58. The van der Waals surface area contributed by atoms with Gasteiger partial charge in [0.1, 0.15) is 0 Å². The van der Waals surface area contributed by atoms with Gasteiger partial charge in [-0.15, -0.1) is 5.10 Å². The van der Waals surface area contributed by atoms with Crippen molar-refractivity contribution < 1.29 is 9.90 Å². The third-order valence-corrected chi connectivity index (χ3v) is 2.39. The van der Waals surface area contributed by atoms with Crippen molar-refractivity contribution in [3.05, 3.63) is 35.4 Å². The van der Waals surface area contributed by atoms with Crippen LogP contribution in [0.4, 0.5) is 0 Å². The van der Waals surface area contributed by atoms with Crippen molar-refractivity contribution in [2.45, 2.75) is 12.8 Å². The third kappa shape index (κ3) is 2.55. The molecular formula is C12H9N3O2. The lowest BCUT2D eigenvalue weighted by molar-refractivity contribution is -0.129. The van der Waals surface area contributed by atoms with E-state index in [2.05, 4.69) is 16.3 Å². The molecule has 84 valence electrons. The van der Waals surface area contributed by atoms with Gasteiger partial charge >= 0.3 is 5.97 Å². The van der Waals surface area contributed by atoms with E-state index in [1.807, 2.05) is 6.07 Å². The highest BCUT2D eigenvalue weighted by Crippen LogP contribution is 2.11. The molecule has 1 aromatic rings. The van der Waals surface area contributed by atoms with Gasteiger partial charge in [-0.3, -0.25) is 0 Å². The summed E-state index contributed by atoms with van der Waals surface area (Å²) in [5.41, 5.74) is 2.29. The minimum Gasteiger partial charge on any atom is -0.477 e. The fourth-order valence-corrected chi connectivity index (χ4v) is 1.60. The fraction of sp³-hybridized carbons (Fsp3) is 0.167. The average Bonchev–Trinajstić information content (AvgIpc) is 2.78. The molecule has 1 N–H and O–H groups in total. The van der Waals surface area contributed by atoms with Gasteiger partial charge in [0.25, 0.3) is 0 Å². The van der Waals surface area contributed by atoms with E-state index in [1.54, 1.807) is 18.2 Å². The first-order valence-electron chi connectivity index (χ1n) is 5.03. The Morgan fingerprint density at radius 1 is 1.47 bits per heavy atom. The summed E-state index contributed by atoms with van der Waals surface area (Å²) in [6.07, 6.45) is 0.794. The van der Waals surface area contributed by atoms with E-state index in [-0.39, 0.29) is 12.1 Å². The quantitative estimate of drug-likeness (QED) is 0.846. The molecular weight excluding hydrogens is 218 g/mol. The van der Waals surface area contributed by atoms with E-state index in [0.29, 0.717) is 17.7 Å². The van der Waals surface area contributed by atoms with E-state index in [1.165, 1.54) is 0 Å². The van der Waals surface area contributed by atoms with Gasteiger partial charge in [0, 0.05) is 12.8 Å². The van der Waals surface area contributed by atoms with Crippen LogP contribution in [0, 0.1) is 11.3 Å². The Bertz CT molecular complexity index is 567. The lowest BCUT2D eigenvalue weighted by atomic mass is 10.0. The molecule has 0 fully saturated rings. The van der Waals surface area contributed by atoms with Crippen LogP contribution >= 0.6 is 0 Å². The summed E-state index contributed by atoms with van der Waals surface area (Å²) in [5, 5.41) is 24.9. The lowest BCUT2D eigenvalue weighted by Gasteiger charge is -2.00. The first kappa shape index (κ1) is 11.0. The zero-order chi connectivity index (χ0) is 12.3. The summed E-state index contributed by atoms with van der Waals surface area (Å²) >= 11 is 0. The maximum absolute atomic E-state index is 10.7. The summed E-state index contributed by atoms with van der Waals surface area (Å²) in [6, 6.07) is 9.21. The van der Waals surface area contributed by atoms with Crippen LogP contribution in [0.25, 0.3) is 0 Å². The highest BCUT2D eigenvalue weighted by molar-refractivity contribution is 6.40. The molecule has 0 amide bonds. The predicted octanol–water partition coefficient (Wildman–Crippen LogP) is 1.39. The Balaban J connectivity index is 2.05. The minimum absolute atomic E-state index is 0.0661. The Morgan fingerprint density at radius 3 is 2.94 bits per heavy atom. The fourth-order valence-electron chi connectivity index (χ4n) is 1.60. The molecule has 5 heteroatoms. The number of hydrogen-bond donors (Lipinski definition) is 1. The third-order valence-electron chi connectivity index (χ3n) is 2.39. The number of aliphatic carboxylic acids is 1. The molecule has 0 aliphatic carbocycles. The van der Waals surface area contributed by atoms with Crippen LogP contribution in [0.2, 0.25) is 0 Å². The van der Waals surface area contributed by atoms with Crippen LogP contribution in [-0.2, 0) is 11.2 Å². The van der Waals surface area contributed by atoms with E-state index in [4.69, 9.17) is 10.4 Å². The van der Waals surface area contributed by atoms with Gasteiger partial charge in [-0.25, -0.2) is 4.79 Å². The standard InChI is InChI=1S/C12H9N3O2/c13-7-9-3-1-2-8(4-9)5-10-6-11(12(16)17)15-14-10/h1-4H,5-6H2,(H,16,17). The van der Waals surface area contributed by atoms with Gasteiger partial charge in [0.15, 0.2) is 5.71 Å².